The fourth-order valence-corrected chi connectivity index (χ4v) is 1.70. The Labute approximate surface area is 118 Å². The summed E-state index contributed by atoms with van der Waals surface area (Å²) in [4.78, 5) is 8.47. The van der Waals surface area contributed by atoms with Crippen LogP contribution in [0.15, 0.2) is 30.5 Å². The molecule has 1 heterocycles. The Bertz CT molecular complexity index is 558. The van der Waals surface area contributed by atoms with Gasteiger partial charge >= 0.3 is 6.01 Å². The number of nitrogens with zero attached hydrogens (tertiary/aromatic N) is 2. The lowest BCUT2D eigenvalue weighted by molar-refractivity contribution is 0.437. The molecule has 4 nitrogen and oxygen atoms in total. The molecule has 0 saturated heterocycles. The number of nitrogens with one attached hydrogen (secondary N) is 1. The Morgan fingerprint density at radius 2 is 2.00 bits per heavy atom. The van der Waals surface area contributed by atoms with E-state index in [9.17, 15) is 4.39 Å². The molecule has 0 radical (unpaired) electrons. The number of ether oxygens (including phenoxy) is 1. The molecular weight excluding hydrogens is 257 g/mol. The van der Waals surface area contributed by atoms with Crippen LogP contribution in [-0.4, -0.2) is 16.5 Å². The Hall–Kier alpha value is -2.01. The Kier molecular flexibility index (Phi) is 5.01. The zero-order chi connectivity index (χ0) is 14.4. The van der Waals surface area contributed by atoms with Crippen molar-refractivity contribution in [2.75, 3.05) is 6.54 Å². The second kappa shape index (κ2) is 6.96. The van der Waals surface area contributed by atoms with Crippen molar-refractivity contribution in [3.63, 3.8) is 0 Å². The van der Waals surface area contributed by atoms with Crippen molar-refractivity contribution in [1.82, 2.24) is 15.3 Å². The lowest BCUT2D eigenvalue weighted by atomic mass is 10.2. The van der Waals surface area contributed by atoms with Crippen LogP contribution in [0.5, 0.6) is 11.8 Å². The lowest BCUT2D eigenvalue weighted by Crippen LogP contribution is -2.15. The summed E-state index contributed by atoms with van der Waals surface area (Å²) in [7, 11) is 0. The molecule has 0 amide bonds. The zero-order valence-electron chi connectivity index (χ0n) is 11.7. The minimum Gasteiger partial charge on any atom is -0.424 e. The zero-order valence-corrected chi connectivity index (χ0v) is 11.7. The fourth-order valence-electron chi connectivity index (χ4n) is 1.70. The fraction of sp³-hybridized carbons (Fsp3) is 0.333. The highest BCUT2D eigenvalue weighted by molar-refractivity contribution is 5.26. The Morgan fingerprint density at radius 3 is 2.65 bits per heavy atom. The van der Waals surface area contributed by atoms with E-state index in [0.717, 1.165) is 30.8 Å². The first-order chi connectivity index (χ1) is 9.69. The molecule has 0 aliphatic heterocycles. The highest BCUT2D eigenvalue weighted by atomic mass is 19.1. The van der Waals surface area contributed by atoms with E-state index in [1.54, 1.807) is 18.3 Å². The highest BCUT2D eigenvalue weighted by Crippen LogP contribution is 2.18. The van der Waals surface area contributed by atoms with Crippen LogP contribution in [-0.2, 0) is 6.54 Å². The van der Waals surface area contributed by atoms with Crippen LogP contribution in [0.4, 0.5) is 4.39 Å². The van der Waals surface area contributed by atoms with Crippen molar-refractivity contribution < 1.29 is 9.13 Å². The van der Waals surface area contributed by atoms with Gasteiger partial charge in [0.05, 0.1) is 0 Å². The molecule has 0 bridgehead atoms. The number of benzene rings is 1. The summed E-state index contributed by atoms with van der Waals surface area (Å²) < 4.78 is 18.3. The summed E-state index contributed by atoms with van der Waals surface area (Å²) in [6.07, 6.45) is 2.84. The summed E-state index contributed by atoms with van der Waals surface area (Å²) >= 11 is 0. The van der Waals surface area contributed by atoms with E-state index < -0.39 is 0 Å². The van der Waals surface area contributed by atoms with Gasteiger partial charge in [-0.25, -0.2) is 9.37 Å². The largest absolute Gasteiger partial charge is 0.424 e. The van der Waals surface area contributed by atoms with E-state index in [0.29, 0.717) is 5.75 Å². The van der Waals surface area contributed by atoms with Crippen LogP contribution in [0.25, 0.3) is 0 Å². The van der Waals surface area contributed by atoms with Gasteiger partial charge in [0, 0.05) is 24.0 Å². The van der Waals surface area contributed by atoms with Crippen LogP contribution >= 0.6 is 0 Å². The van der Waals surface area contributed by atoms with Crippen molar-refractivity contribution in [2.24, 2.45) is 0 Å². The molecule has 1 aromatic carbocycles. The van der Waals surface area contributed by atoms with Gasteiger partial charge in [-0.3, -0.25) is 0 Å². The second-order valence-corrected chi connectivity index (χ2v) is 4.50. The van der Waals surface area contributed by atoms with E-state index in [4.69, 9.17) is 4.74 Å². The first-order valence-electron chi connectivity index (χ1n) is 6.65. The Balaban J connectivity index is 2.03. The third-order valence-electron chi connectivity index (χ3n) is 2.82. The molecule has 5 heteroatoms. The van der Waals surface area contributed by atoms with E-state index in [1.165, 1.54) is 12.1 Å². The van der Waals surface area contributed by atoms with Gasteiger partial charge in [-0.15, -0.1) is 0 Å². The molecule has 20 heavy (non-hydrogen) atoms. The van der Waals surface area contributed by atoms with Crippen molar-refractivity contribution in [3.8, 4) is 11.8 Å². The van der Waals surface area contributed by atoms with Crippen LogP contribution < -0.4 is 10.1 Å². The highest BCUT2D eigenvalue weighted by Gasteiger charge is 2.05. The third kappa shape index (κ3) is 3.99. The van der Waals surface area contributed by atoms with Gasteiger partial charge in [0.25, 0.3) is 0 Å². The van der Waals surface area contributed by atoms with E-state index in [1.807, 2.05) is 6.92 Å². The van der Waals surface area contributed by atoms with Crippen molar-refractivity contribution in [3.05, 3.63) is 47.5 Å². The average Bonchev–Trinajstić information content (AvgIpc) is 2.44. The minimum absolute atomic E-state index is 0.272. The molecule has 0 aliphatic carbocycles. The van der Waals surface area contributed by atoms with Crippen LogP contribution in [0.3, 0.4) is 0 Å². The summed E-state index contributed by atoms with van der Waals surface area (Å²) in [6, 6.07) is 6.04. The van der Waals surface area contributed by atoms with Crippen LogP contribution in [0, 0.1) is 12.7 Å². The number of rotatable bonds is 6. The van der Waals surface area contributed by atoms with E-state index in [2.05, 4.69) is 22.2 Å². The SMILES string of the molecule is CCCNCc1cnc(Oc2ccc(F)cc2)nc1C. The van der Waals surface area contributed by atoms with Crippen LogP contribution in [0.1, 0.15) is 24.6 Å². The van der Waals surface area contributed by atoms with Gasteiger partial charge in [-0.05, 0) is 44.2 Å². The summed E-state index contributed by atoms with van der Waals surface area (Å²) in [5.74, 6) is 0.217. The number of hydrogen-bond donors (Lipinski definition) is 1. The van der Waals surface area contributed by atoms with Gasteiger partial charge < -0.3 is 10.1 Å². The van der Waals surface area contributed by atoms with Gasteiger partial charge in [0.1, 0.15) is 11.6 Å². The van der Waals surface area contributed by atoms with Crippen molar-refractivity contribution >= 4 is 0 Å². The number of aryl methyl sites for hydroxylation is 1. The van der Waals surface area contributed by atoms with E-state index in [-0.39, 0.29) is 11.8 Å². The molecule has 2 aromatic rings. The molecule has 0 unspecified atom stereocenters. The minimum atomic E-state index is -0.299. The topological polar surface area (TPSA) is 47.0 Å². The van der Waals surface area contributed by atoms with Crippen molar-refractivity contribution in [2.45, 2.75) is 26.8 Å². The molecule has 0 atom stereocenters. The first kappa shape index (κ1) is 14.4. The molecule has 0 saturated carbocycles. The number of halogens is 1. The summed E-state index contributed by atoms with van der Waals surface area (Å²) in [5.41, 5.74) is 1.92. The number of hydrogen-bond acceptors (Lipinski definition) is 4. The molecule has 0 aliphatic rings. The molecule has 1 N–H and O–H groups in total. The molecule has 106 valence electrons. The third-order valence-corrected chi connectivity index (χ3v) is 2.82. The maximum atomic E-state index is 12.8. The van der Waals surface area contributed by atoms with Gasteiger partial charge in [0.15, 0.2) is 0 Å². The average molecular weight is 275 g/mol. The molecule has 0 spiro atoms. The van der Waals surface area contributed by atoms with Gasteiger partial charge in [-0.1, -0.05) is 6.92 Å². The summed E-state index contributed by atoms with van der Waals surface area (Å²) in [6.45, 7) is 5.75. The predicted molar refractivity (Wildman–Crippen MR) is 75.2 cm³/mol. The molecule has 1 aromatic heterocycles. The molecular formula is C15H18FN3O. The predicted octanol–water partition coefficient (Wildman–Crippen LogP) is 3.22. The van der Waals surface area contributed by atoms with Crippen molar-refractivity contribution in [1.29, 1.82) is 0 Å². The molecule has 0 fully saturated rings. The van der Waals surface area contributed by atoms with Gasteiger partial charge in [-0.2, -0.15) is 4.98 Å². The van der Waals surface area contributed by atoms with Gasteiger partial charge in [0.2, 0.25) is 0 Å². The summed E-state index contributed by atoms with van der Waals surface area (Å²) in [5, 5.41) is 3.31. The monoisotopic (exact) mass is 275 g/mol. The van der Waals surface area contributed by atoms with E-state index >= 15 is 0 Å². The quantitative estimate of drug-likeness (QED) is 0.822. The standard InChI is InChI=1S/C15H18FN3O/c1-3-8-17-9-12-10-18-15(19-11(12)2)20-14-6-4-13(16)5-7-14/h4-7,10,17H,3,8-9H2,1-2H3. The maximum Gasteiger partial charge on any atom is 0.322 e. The maximum absolute atomic E-state index is 12.8. The number of aromatic nitrogens is 2. The first-order valence-corrected chi connectivity index (χ1v) is 6.65. The molecule has 2 rings (SSSR count). The van der Waals surface area contributed by atoms with Crippen LogP contribution in [0.2, 0.25) is 0 Å². The lowest BCUT2D eigenvalue weighted by Gasteiger charge is -2.08. The Morgan fingerprint density at radius 1 is 1.25 bits per heavy atom. The smallest absolute Gasteiger partial charge is 0.322 e. The second-order valence-electron chi connectivity index (χ2n) is 4.50. The normalized spacial score (nSPS) is 10.6.